The van der Waals surface area contributed by atoms with Gasteiger partial charge < -0.3 is 23.7 Å². The molecule has 2 rings (SSSR count). The second-order valence-electron chi connectivity index (χ2n) is 5.51. The molecule has 4 unspecified atom stereocenters. The minimum absolute atomic E-state index is 0.130. The first-order valence-corrected chi connectivity index (χ1v) is 5.91. The summed E-state index contributed by atoms with van der Waals surface area (Å²) in [4.78, 5) is 11.0. The van der Waals surface area contributed by atoms with Gasteiger partial charge in [0, 0.05) is 0 Å². The Bertz CT molecular complexity index is 312. The van der Waals surface area contributed by atoms with Gasteiger partial charge in [-0.15, -0.1) is 0 Å². The Morgan fingerprint density at radius 2 is 1.41 bits per heavy atom. The highest BCUT2D eigenvalue weighted by atomic mass is 16.8. The molecule has 0 aromatic rings. The maximum atomic E-state index is 11.0. The molecule has 0 bridgehead atoms. The highest BCUT2D eigenvalue weighted by molar-refractivity contribution is 5.58. The summed E-state index contributed by atoms with van der Waals surface area (Å²) in [6, 6.07) is 0. The number of hydrogen-bond acceptors (Lipinski definition) is 5. The van der Waals surface area contributed by atoms with Crippen molar-refractivity contribution in [3.63, 3.8) is 0 Å². The van der Waals surface area contributed by atoms with Crippen LogP contribution in [0.3, 0.4) is 0 Å². The van der Waals surface area contributed by atoms with Gasteiger partial charge in [-0.1, -0.05) is 0 Å². The third kappa shape index (κ3) is 2.52. The van der Waals surface area contributed by atoms with E-state index in [-0.39, 0.29) is 12.2 Å². The van der Waals surface area contributed by atoms with Crippen LogP contribution in [0.4, 0.5) is 0 Å². The fourth-order valence-corrected chi connectivity index (χ4v) is 2.48. The summed E-state index contributed by atoms with van der Waals surface area (Å²) >= 11 is 0. The van der Waals surface area contributed by atoms with Crippen LogP contribution in [0.1, 0.15) is 34.6 Å². The van der Waals surface area contributed by atoms with Crippen molar-refractivity contribution in [3.8, 4) is 0 Å². The minimum Gasteiger partial charge on any atom is -0.345 e. The quantitative estimate of drug-likeness (QED) is 0.684. The predicted octanol–water partition coefficient (Wildman–Crippen LogP) is 1.25. The Labute approximate surface area is 101 Å². The number of carbonyl (C=O) groups excluding carboxylic acids is 1. The number of carbonyl (C=O) groups is 1. The van der Waals surface area contributed by atoms with Crippen LogP contribution in [-0.2, 0) is 23.7 Å². The molecule has 0 radical (unpaired) electrons. The van der Waals surface area contributed by atoms with Crippen molar-refractivity contribution in [1.29, 1.82) is 0 Å². The Morgan fingerprint density at radius 1 is 0.882 bits per heavy atom. The van der Waals surface area contributed by atoms with Gasteiger partial charge in [-0.25, -0.2) is 0 Å². The van der Waals surface area contributed by atoms with E-state index in [1.165, 1.54) is 0 Å². The second kappa shape index (κ2) is 4.02. The van der Waals surface area contributed by atoms with Gasteiger partial charge >= 0.3 is 0 Å². The highest BCUT2D eigenvalue weighted by Crippen LogP contribution is 2.37. The van der Waals surface area contributed by atoms with E-state index in [0.717, 1.165) is 6.29 Å². The molecule has 0 N–H and O–H groups in total. The first-order valence-electron chi connectivity index (χ1n) is 5.91. The van der Waals surface area contributed by atoms with Gasteiger partial charge in [-0.05, 0) is 34.6 Å². The van der Waals surface area contributed by atoms with Crippen LogP contribution >= 0.6 is 0 Å². The molecule has 0 saturated carbocycles. The molecule has 98 valence electrons. The zero-order valence-corrected chi connectivity index (χ0v) is 10.9. The molecule has 0 aromatic carbocycles. The SMILES string of the molecule is CC1OC(C)(C)OC1C1OC(C)(C)OC1C=O. The van der Waals surface area contributed by atoms with Crippen LogP contribution in [0.25, 0.3) is 0 Å². The topological polar surface area (TPSA) is 54.0 Å². The van der Waals surface area contributed by atoms with Crippen LogP contribution in [0.15, 0.2) is 0 Å². The van der Waals surface area contributed by atoms with E-state index >= 15 is 0 Å². The van der Waals surface area contributed by atoms with Gasteiger partial charge in [-0.3, -0.25) is 0 Å². The summed E-state index contributed by atoms with van der Waals surface area (Å²) in [5.41, 5.74) is 0. The van der Waals surface area contributed by atoms with Crippen molar-refractivity contribution in [2.75, 3.05) is 0 Å². The number of hydrogen-bond donors (Lipinski definition) is 0. The molecule has 0 aliphatic carbocycles. The summed E-state index contributed by atoms with van der Waals surface area (Å²) in [5.74, 6) is -1.40. The van der Waals surface area contributed by atoms with E-state index in [0.29, 0.717) is 0 Å². The van der Waals surface area contributed by atoms with Crippen molar-refractivity contribution in [2.45, 2.75) is 70.6 Å². The maximum Gasteiger partial charge on any atom is 0.164 e. The third-order valence-corrected chi connectivity index (χ3v) is 2.97. The van der Waals surface area contributed by atoms with Crippen molar-refractivity contribution in [3.05, 3.63) is 0 Å². The fourth-order valence-electron chi connectivity index (χ4n) is 2.48. The molecule has 2 saturated heterocycles. The monoisotopic (exact) mass is 244 g/mol. The first-order chi connectivity index (χ1) is 7.74. The Hall–Kier alpha value is -0.490. The van der Waals surface area contributed by atoms with Crippen LogP contribution in [0.2, 0.25) is 0 Å². The van der Waals surface area contributed by atoms with Crippen LogP contribution in [-0.4, -0.2) is 42.3 Å². The van der Waals surface area contributed by atoms with Gasteiger partial charge in [-0.2, -0.15) is 0 Å². The highest BCUT2D eigenvalue weighted by Gasteiger charge is 2.52. The second-order valence-corrected chi connectivity index (χ2v) is 5.51. The average molecular weight is 244 g/mol. The maximum absolute atomic E-state index is 11.0. The summed E-state index contributed by atoms with van der Waals surface area (Å²) in [7, 11) is 0. The standard InChI is InChI=1S/C12H20O5/c1-7-9(16-11(2,3)14-7)10-8(6-13)15-12(4,5)17-10/h6-10H,1-5H3. The number of rotatable bonds is 2. The zero-order valence-electron chi connectivity index (χ0n) is 10.9. The van der Waals surface area contributed by atoms with Crippen LogP contribution in [0, 0.1) is 0 Å². The lowest BCUT2D eigenvalue weighted by atomic mass is 10.1. The number of ether oxygens (including phenoxy) is 4. The Kier molecular flexibility index (Phi) is 3.06. The van der Waals surface area contributed by atoms with Gasteiger partial charge in [0.25, 0.3) is 0 Å². The summed E-state index contributed by atoms with van der Waals surface area (Å²) in [5, 5.41) is 0. The summed E-state index contributed by atoms with van der Waals surface area (Å²) in [6.07, 6.45) is -0.674. The molecule has 2 aliphatic rings. The lowest BCUT2D eigenvalue weighted by Crippen LogP contribution is -2.41. The van der Waals surface area contributed by atoms with Crippen molar-refractivity contribution in [2.24, 2.45) is 0 Å². The molecular weight excluding hydrogens is 224 g/mol. The largest absolute Gasteiger partial charge is 0.345 e. The molecule has 2 heterocycles. The van der Waals surface area contributed by atoms with E-state index in [2.05, 4.69) is 0 Å². The normalized spacial score (nSPS) is 43.8. The molecule has 5 heteroatoms. The number of aldehydes is 1. The lowest BCUT2D eigenvalue weighted by molar-refractivity contribution is -0.175. The van der Waals surface area contributed by atoms with E-state index < -0.39 is 23.8 Å². The molecule has 17 heavy (non-hydrogen) atoms. The fraction of sp³-hybridized carbons (Fsp3) is 0.917. The van der Waals surface area contributed by atoms with Gasteiger partial charge in [0.15, 0.2) is 17.9 Å². The molecule has 0 aromatic heterocycles. The van der Waals surface area contributed by atoms with E-state index in [9.17, 15) is 4.79 Å². The molecule has 2 aliphatic heterocycles. The molecule has 0 amide bonds. The molecule has 0 spiro atoms. The lowest BCUT2D eigenvalue weighted by Gasteiger charge is -2.23. The molecule has 5 nitrogen and oxygen atoms in total. The minimum atomic E-state index is -0.758. The van der Waals surface area contributed by atoms with E-state index in [4.69, 9.17) is 18.9 Å². The smallest absolute Gasteiger partial charge is 0.164 e. The van der Waals surface area contributed by atoms with E-state index in [1.54, 1.807) is 13.8 Å². The van der Waals surface area contributed by atoms with Gasteiger partial charge in [0.05, 0.1) is 6.10 Å². The summed E-state index contributed by atoms with van der Waals surface area (Å²) in [6.45, 7) is 9.18. The van der Waals surface area contributed by atoms with Crippen molar-refractivity contribution in [1.82, 2.24) is 0 Å². The van der Waals surface area contributed by atoms with Gasteiger partial charge in [0.2, 0.25) is 0 Å². The van der Waals surface area contributed by atoms with E-state index in [1.807, 2.05) is 20.8 Å². The van der Waals surface area contributed by atoms with Crippen LogP contribution in [0.5, 0.6) is 0 Å². The predicted molar refractivity (Wildman–Crippen MR) is 59.4 cm³/mol. The Morgan fingerprint density at radius 3 is 1.88 bits per heavy atom. The van der Waals surface area contributed by atoms with Crippen LogP contribution < -0.4 is 0 Å². The van der Waals surface area contributed by atoms with Crippen molar-refractivity contribution < 1.29 is 23.7 Å². The zero-order chi connectivity index (χ0) is 12.8. The first kappa shape index (κ1) is 13.0. The summed E-state index contributed by atoms with van der Waals surface area (Å²) < 4.78 is 22.7. The average Bonchev–Trinajstić information content (AvgIpc) is 2.62. The molecule has 4 atom stereocenters. The molecule has 2 fully saturated rings. The molecular formula is C12H20O5. The Balaban J connectivity index is 2.14. The third-order valence-electron chi connectivity index (χ3n) is 2.97. The van der Waals surface area contributed by atoms with Gasteiger partial charge in [0.1, 0.15) is 18.3 Å². The van der Waals surface area contributed by atoms with Crippen molar-refractivity contribution >= 4 is 6.29 Å².